The number of amides is 1. The van der Waals surface area contributed by atoms with Crippen molar-refractivity contribution in [2.45, 2.75) is 38.9 Å². The summed E-state index contributed by atoms with van der Waals surface area (Å²) in [5.74, 6) is 0.320. The maximum Gasteiger partial charge on any atom is 0.282 e. The number of aliphatic hydroxyl groups excluding tert-OH is 1. The molecule has 0 radical (unpaired) electrons. The monoisotopic (exact) mass is 498 g/mol. The van der Waals surface area contributed by atoms with Gasteiger partial charge in [0.25, 0.3) is 16.1 Å². The predicted molar refractivity (Wildman–Crippen MR) is 126 cm³/mol. The zero-order valence-electron chi connectivity index (χ0n) is 19.2. The number of anilines is 1. The van der Waals surface area contributed by atoms with Gasteiger partial charge in [-0.3, -0.25) is 9.78 Å². The molecule has 3 aromatic heterocycles. The minimum absolute atomic E-state index is 0.0811. The summed E-state index contributed by atoms with van der Waals surface area (Å²) in [6.07, 6.45) is 4.83. The van der Waals surface area contributed by atoms with E-state index in [0.29, 0.717) is 30.4 Å². The highest BCUT2D eigenvalue weighted by atomic mass is 32.2. The number of carbonyl (C=O) groups excluding carboxylic acids is 1. The summed E-state index contributed by atoms with van der Waals surface area (Å²) in [7, 11) is -3.53. The SMILES string of the molecule is C[C@H](CO)n1cnnc1-c1cccc(NC(=O)c2cc3c(cn2)CN(S(=O)(=O)N2CCCC2)C3)n1. The molecule has 5 rings (SSSR count). The molecular weight excluding hydrogens is 472 g/mol. The molecule has 12 nitrogen and oxygen atoms in total. The van der Waals surface area contributed by atoms with E-state index in [1.807, 2.05) is 6.92 Å². The van der Waals surface area contributed by atoms with Gasteiger partial charge in [-0.1, -0.05) is 6.07 Å². The van der Waals surface area contributed by atoms with Crippen molar-refractivity contribution in [3.63, 3.8) is 0 Å². The summed E-state index contributed by atoms with van der Waals surface area (Å²) < 4.78 is 30.4. The van der Waals surface area contributed by atoms with Crippen LogP contribution >= 0.6 is 0 Å². The lowest BCUT2D eigenvalue weighted by Gasteiger charge is -2.22. The van der Waals surface area contributed by atoms with Crippen LogP contribution in [-0.4, -0.2) is 72.5 Å². The van der Waals surface area contributed by atoms with Crippen molar-refractivity contribution in [1.29, 1.82) is 0 Å². The number of carbonyl (C=O) groups is 1. The molecule has 0 aromatic carbocycles. The maximum absolute atomic E-state index is 12.9. The smallest absolute Gasteiger partial charge is 0.282 e. The molecule has 35 heavy (non-hydrogen) atoms. The van der Waals surface area contributed by atoms with Crippen LogP contribution in [-0.2, 0) is 23.3 Å². The molecule has 1 atom stereocenters. The van der Waals surface area contributed by atoms with Crippen molar-refractivity contribution in [3.05, 3.63) is 53.6 Å². The van der Waals surface area contributed by atoms with E-state index in [1.54, 1.807) is 35.0 Å². The van der Waals surface area contributed by atoms with E-state index in [-0.39, 0.29) is 31.4 Å². The van der Waals surface area contributed by atoms with Crippen LogP contribution < -0.4 is 5.32 Å². The first-order chi connectivity index (χ1) is 16.9. The summed E-state index contributed by atoms with van der Waals surface area (Å²) in [5, 5.41) is 20.2. The molecule has 2 aliphatic rings. The number of pyridine rings is 2. The molecule has 3 aromatic rings. The van der Waals surface area contributed by atoms with Crippen LogP contribution in [0.2, 0.25) is 0 Å². The zero-order chi connectivity index (χ0) is 24.6. The molecule has 0 spiro atoms. The number of nitrogens with one attached hydrogen (secondary N) is 1. The zero-order valence-corrected chi connectivity index (χ0v) is 20.0. The molecule has 1 fully saturated rings. The molecule has 0 unspecified atom stereocenters. The topological polar surface area (TPSA) is 146 Å². The van der Waals surface area contributed by atoms with Gasteiger partial charge in [-0.05, 0) is 49.1 Å². The molecule has 184 valence electrons. The minimum Gasteiger partial charge on any atom is -0.394 e. The Morgan fingerprint density at radius 2 is 1.94 bits per heavy atom. The van der Waals surface area contributed by atoms with Gasteiger partial charge < -0.3 is 15.0 Å². The van der Waals surface area contributed by atoms with Crippen LogP contribution in [0.1, 0.15) is 47.4 Å². The summed E-state index contributed by atoms with van der Waals surface area (Å²) >= 11 is 0. The fourth-order valence-corrected chi connectivity index (χ4v) is 5.92. The summed E-state index contributed by atoms with van der Waals surface area (Å²) in [4.78, 5) is 21.6. The van der Waals surface area contributed by atoms with Crippen LogP contribution in [0.15, 0.2) is 36.8 Å². The Balaban J connectivity index is 1.31. The number of hydrogen-bond acceptors (Lipinski definition) is 8. The number of hydrogen-bond donors (Lipinski definition) is 2. The molecule has 0 aliphatic carbocycles. The van der Waals surface area contributed by atoms with Gasteiger partial charge in [0.05, 0.1) is 12.6 Å². The predicted octanol–water partition coefficient (Wildman–Crippen LogP) is 1.20. The highest BCUT2D eigenvalue weighted by Gasteiger charge is 2.35. The van der Waals surface area contributed by atoms with E-state index in [2.05, 4.69) is 25.5 Å². The Kier molecular flexibility index (Phi) is 6.32. The summed E-state index contributed by atoms with van der Waals surface area (Å²) in [6.45, 7) is 3.30. The van der Waals surface area contributed by atoms with Gasteiger partial charge in [0.1, 0.15) is 23.5 Å². The Morgan fingerprint density at radius 3 is 2.71 bits per heavy atom. The molecule has 0 saturated carbocycles. The molecule has 2 aliphatic heterocycles. The summed E-state index contributed by atoms with van der Waals surface area (Å²) in [5.41, 5.74) is 2.22. The fraction of sp³-hybridized carbons (Fsp3) is 0.409. The molecule has 1 amide bonds. The Labute approximate surface area is 202 Å². The van der Waals surface area contributed by atoms with Crippen molar-refractivity contribution < 1.29 is 18.3 Å². The lowest BCUT2D eigenvalue weighted by atomic mass is 10.1. The van der Waals surface area contributed by atoms with Gasteiger partial charge in [-0.15, -0.1) is 10.2 Å². The van der Waals surface area contributed by atoms with Gasteiger partial charge in [-0.2, -0.15) is 17.0 Å². The quantitative estimate of drug-likeness (QED) is 0.494. The van der Waals surface area contributed by atoms with E-state index < -0.39 is 16.1 Å². The Morgan fingerprint density at radius 1 is 1.17 bits per heavy atom. The minimum atomic E-state index is -3.53. The van der Waals surface area contributed by atoms with Crippen molar-refractivity contribution in [3.8, 4) is 11.5 Å². The van der Waals surface area contributed by atoms with Crippen molar-refractivity contribution in [2.24, 2.45) is 0 Å². The van der Waals surface area contributed by atoms with E-state index in [4.69, 9.17) is 0 Å². The lowest BCUT2D eigenvalue weighted by molar-refractivity contribution is 0.102. The highest BCUT2D eigenvalue weighted by Crippen LogP contribution is 2.28. The lowest BCUT2D eigenvalue weighted by Crippen LogP contribution is -2.39. The van der Waals surface area contributed by atoms with E-state index in [9.17, 15) is 18.3 Å². The van der Waals surface area contributed by atoms with Crippen LogP contribution in [0, 0.1) is 0 Å². The van der Waals surface area contributed by atoms with Gasteiger partial charge in [0, 0.05) is 32.4 Å². The van der Waals surface area contributed by atoms with Gasteiger partial charge in [0.2, 0.25) is 0 Å². The van der Waals surface area contributed by atoms with Crippen LogP contribution in [0.5, 0.6) is 0 Å². The number of nitrogens with zero attached hydrogens (tertiary/aromatic N) is 7. The number of aromatic nitrogens is 5. The highest BCUT2D eigenvalue weighted by molar-refractivity contribution is 7.86. The van der Waals surface area contributed by atoms with Crippen LogP contribution in [0.3, 0.4) is 0 Å². The van der Waals surface area contributed by atoms with Gasteiger partial charge in [0.15, 0.2) is 5.82 Å². The summed E-state index contributed by atoms with van der Waals surface area (Å²) in [6, 6.07) is 6.52. The van der Waals surface area contributed by atoms with Crippen LogP contribution in [0.25, 0.3) is 11.5 Å². The average molecular weight is 499 g/mol. The first-order valence-electron chi connectivity index (χ1n) is 11.4. The molecule has 2 N–H and O–H groups in total. The first kappa shape index (κ1) is 23.5. The van der Waals surface area contributed by atoms with E-state index in [0.717, 1.165) is 24.0 Å². The molecule has 1 saturated heterocycles. The molecular formula is C22H26N8O4S. The van der Waals surface area contributed by atoms with Gasteiger partial charge >= 0.3 is 0 Å². The second-order valence-electron chi connectivity index (χ2n) is 8.68. The second kappa shape index (κ2) is 9.41. The molecule has 13 heteroatoms. The number of fused-ring (bicyclic) bond motifs is 1. The van der Waals surface area contributed by atoms with E-state index in [1.165, 1.54) is 14.9 Å². The number of rotatable bonds is 7. The third kappa shape index (κ3) is 4.55. The maximum atomic E-state index is 12.9. The standard InChI is InChI=1S/C22H26N8O4S/c1-15(13-31)30-14-24-27-21(30)18-5-4-6-20(25-18)26-22(32)19-9-16-11-29(12-17(16)10-23-19)35(33,34)28-7-2-3-8-28/h4-6,9-10,14-15,31H,2-3,7-8,11-13H2,1H3,(H,25,26,32)/t15-/m1/s1. The largest absolute Gasteiger partial charge is 0.394 e. The Bertz CT molecular complexity index is 1350. The van der Waals surface area contributed by atoms with E-state index >= 15 is 0 Å². The van der Waals surface area contributed by atoms with Crippen LogP contribution in [0.4, 0.5) is 5.82 Å². The third-order valence-electron chi connectivity index (χ3n) is 6.26. The van der Waals surface area contributed by atoms with Gasteiger partial charge in [-0.25, -0.2) is 4.98 Å². The van der Waals surface area contributed by atoms with Crippen molar-refractivity contribution in [2.75, 3.05) is 25.0 Å². The first-order valence-corrected chi connectivity index (χ1v) is 12.8. The number of aliphatic hydroxyl groups is 1. The normalized spacial score (nSPS) is 17.4. The fourth-order valence-electron chi connectivity index (χ4n) is 4.27. The van der Waals surface area contributed by atoms with Crippen molar-refractivity contribution >= 4 is 21.9 Å². The Hall–Kier alpha value is -3.26. The van der Waals surface area contributed by atoms with Crippen molar-refractivity contribution in [1.82, 2.24) is 33.3 Å². The molecule has 5 heterocycles. The third-order valence-corrected chi connectivity index (χ3v) is 8.19. The second-order valence-corrected chi connectivity index (χ2v) is 10.6. The molecule has 0 bridgehead atoms. The average Bonchev–Trinajstić information content (AvgIpc) is 3.63.